The lowest BCUT2D eigenvalue weighted by Crippen LogP contribution is -2.30. The SMILES string of the molecule is Cc1cc(/C(O)=C2\C(=O)C(=O)N(c3ccccc3C)C2c2cccc(Oc3ccccc3)c2)ccc1OC(C)C. The first-order chi connectivity index (χ1) is 19.2. The fourth-order valence-electron chi connectivity index (χ4n) is 4.94. The van der Waals surface area contributed by atoms with Crippen molar-refractivity contribution in [3.05, 3.63) is 125 Å². The standard InChI is InChI=1S/C34H31NO5/c1-21(2)39-29-18-17-25(19-23(29)4)32(36)30-31(35(34(38)33(30)37)28-16-9-8-11-22(28)3)24-12-10-15-27(20-24)40-26-13-6-5-7-14-26/h5-21,31,36H,1-4H3/b32-30+. The molecule has 0 spiro atoms. The molecule has 5 rings (SSSR count). The van der Waals surface area contributed by atoms with Gasteiger partial charge in [0.05, 0.1) is 17.7 Å². The van der Waals surface area contributed by atoms with E-state index in [9.17, 15) is 14.7 Å². The summed E-state index contributed by atoms with van der Waals surface area (Å²) in [4.78, 5) is 28.7. The van der Waals surface area contributed by atoms with Crippen LogP contribution in [0.3, 0.4) is 0 Å². The number of aliphatic hydroxyl groups is 1. The molecular weight excluding hydrogens is 502 g/mol. The second kappa shape index (κ2) is 11.1. The number of hydrogen-bond acceptors (Lipinski definition) is 5. The number of rotatable bonds is 7. The minimum Gasteiger partial charge on any atom is -0.507 e. The molecule has 1 aliphatic heterocycles. The van der Waals surface area contributed by atoms with Gasteiger partial charge in [0.15, 0.2) is 0 Å². The number of ketones is 1. The van der Waals surface area contributed by atoms with E-state index in [1.54, 1.807) is 30.3 Å². The predicted octanol–water partition coefficient (Wildman–Crippen LogP) is 7.51. The number of hydrogen-bond donors (Lipinski definition) is 1. The average molecular weight is 534 g/mol. The van der Waals surface area contributed by atoms with Crippen molar-refractivity contribution in [3.63, 3.8) is 0 Å². The topological polar surface area (TPSA) is 76.1 Å². The van der Waals surface area contributed by atoms with Gasteiger partial charge in [0.25, 0.3) is 11.7 Å². The van der Waals surface area contributed by atoms with E-state index in [0.717, 1.165) is 11.1 Å². The van der Waals surface area contributed by atoms with E-state index in [0.29, 0.717) is 34.1 Å². The summed E-state index contributed by atoms with van der Waals surface area (Å²) >= 11 is 0. The Morgan fingerprint density at radius 2 is 1.50 bits per heavy atom. The molecule has 6 nitrogen and oxygen atoms in total. The van der Waals surface area contributed by atoms with E-state index in [1.807, 2.05) is 94.4 Å². The lowest BCUT2D eigenvalue weighted by Gasteiger charge is -2.27. The first kappa shape index (κ1) is 26.8. The van der Waals surface area contributed by atoms with Gasteiger partial charge in [-0.15, -0.1) is 0 Å². The molecule has 1 atom stereocenters. The molecule has 0 aromatic heterocycles. The van der Waals surface area contributed by atoms with E-state index >= 15 is 0 Å². The van der Waals surface area contributed by atoms with Crippen LogP contribution in [0.5, 0.6) is 17.2 Å². The Labute approximate surface area is 234 Å². The first-order valence-corrected chi connectivity index (χ1v) is 13.2. The van der Waals surface area contributed by atoms with Crippen LogP contribution in [-0.4, -0.2) is 22.9 Å². The third-order valence-corrected chi connectivity index (χ3v) is 6.78. The van der Waals surface area contributed by atoms with E-state index in [4.69, 9.17) is 9.47 Å². The van der Waals surface area contributed by atoms with E-state index in [-0.39, 0.29) is 17.4 Å². The molecule has 1 aliphatic rings. The molecule has 4 aromatic rings. The molecule has 1 heterocycles. The summed E-state index contributed by atoms with van der Waals surface area (Å²) in [7, 11) is 0. The molecule has 4 aromatic carbocycles. The zero-order valence-electron chi connectivity index (χ0n) is 22.9. The second-order valence-electron chi connectivity index (χ2n) is 10.1. The molecule has 0 radical (unpaired) electrons. The van der Waals surface area contributed by atoms with Crippen LogP contribution < -0.4 is 14.4 Å². The molecule has 0 saturated carbocycles. The Kier molecular flexibility index (Phi) is 7.43. The number of benzene rings is 4. The molecule has 1 unspecified atom stereocenters. The molecule has 1 amide bonds. The van der Waals surface area contributed by atoms with Crippen LogP contribution in [0.15, 0.2) is 103 Å². The van der Waals surface area contributed by atoms with Crippen LogP contribution in [0, 0.1) is 13.8 Å². The Morgan fingerprint density at radius 1 is 0.800 bits per heavy atom. The van der Waals surface area contributed by atoms with Gasteiger partial charge in [0.2, 0.25) is 0 Å². The van der Waals surface area contributed by atoms with Crippen LogP contribution in [0.25, 0.3) is 5.76 Å². The summed E-state index contributed by atoms with van der Waals surface area (Å²) in [6.07, 6.45) is -0.0111. The number of carbonyl (C=O) groups is 2. The predicted molar refractivity (Wildman–Crippen MR) is 156 cm³/mol. The minimum atomic E-state index is -0.868. The Hall–Kier alpha value is -4.84. The van der Waals surface area contributed by atoms with E-state index < -0.39 is 17.7 Å². The quantitative estimate of drug-likeness (QED) is 0.151. The van der Waals surface area contributed by atoms with Crippen LogP contribution in [0.2, 0.25) is 0 Å². The van der Waals surface area contributed by atoms with E-state index in [2.05, 4.69) is 0 Å². The lowest BCUT2D eigenvalue weighted by molar-refractivity contribution is -0.132. The third-order valence-electron chi connectivity index (χ3n) is 6.78. The maximum absolute atomic E-state index is 13.6. The Balaban J connectivity index is 1.66. The number of nitrogens with zero attached hydrogens (tertiary/aromatic N) is 1. The van der Waals surface area contributed by atoms with Gasteiger partial charge in [-0.3, -0.25) is 14.5 Å². The Morgan fingerprint density at radius 3 is 2.20 bits per heavy atom. The summed E-state index contributed by atoms with van der Waals surface area (Å²) in [5.74, 6) is 0.200. The highest BCUT2D eigenvalue weighted by molar-refractivity contribution is 6.51. The van der Waals surface area contributed by atoms with Crippen LogP contribution in [-0.2, 0) is 9.59 Å². The maximum atomic E-state index is 13.6. The van der Waals surface area contributed by atoms with Crippen molar-refractivity contribution in [2.24, 2.45) is 0 Å². The number of Topliss-reactive ketones (excluding diaryl/α,β-unsaturated/α-hetero) is 1. The average Bonchev–Trinajstić information content (AvgIpc) is 3.20. The fourth-order valence-corrected chi connectivity index (χ4v) is 4.94. The van der Waals surface area contributed by atoms with Gasteiger partial charge in [-0.1, -0.05) is 48.5 Å². The molecule has 6 heteroatoms. The highest BCUT2D eigenvalue weighted by Crippen LogP contribution is 2.44. The zero-order valence-corrected chi connectivity index (χ0v) is 22.9. The van der Waals surface area contributed by atoms with Crippen LogP contribution in [0.4, 0.5) is 5.69 Å². The number of aryl methyl sites for hydroxylation is 2. The number of aliphatic hydroxyl groups excluding tert-OH is 1. The van der Waals surface area contributed by atoms with Gasteiger partial charge < -0.3 is 14.6 Å². The molecule has 202 valence electrons. The van der Waals surface area contributed by atoms with Crippen molar-refractivity contribution in [2.75, 3.05) is 4.90 Å². The first-order valence-electron chi connectivity index (χ1n) is 13.2. The van der Waals surface area contributed by atoms with Crippen molar-refractivity contribution < 1.29 is 24.2 Å². The molecule has 1 saturated heterocycles. The van der Waals surface area contributed by atoms with Gasteiger partial charge in [-0.25, -0.2) is 0 Å². The van der Waals surface area contributed by atoms with Crippen molar-refractivity contribution in [1.82, 2.24) is 0 Å². The largest absolute Gasteiger partial charge is 0.507 e. The maximum Gasteiger partial charge on any atom is 0.300 e. The highest BCUT2D eigenvalue weighted by atomic mass is 16.5. The third kappa shape index (κ3) is 5.21. The van der Waals surface area contributed by atoms with Crippen molar-refractivity contribution in [3.8, 4) is 17.2 Å². The normalized spacial score (nSPS) is 16.4. The van der Waals surface area contributed by atoms with Gasteiger partial charge in [0, 0.05) is 11.3 Å². The van der Waals surface area contributed by atoms with Crippen molar-refractivity contribution in [1.29, 1.82) is 0 Å². The fraction of sp³-hybridized carbons (Fsp3) is 0.176. The number of ether oxygens (including phenoxy) is 2. The van der Waals surface area contributed by atoms with Gasteiger partial charge in [-0.2, -0.15) is 0 Å². The zero-order chi connectivity index (χ0) is 28.4. The van der Waals surface area contributed by atoms with Crippen molar-refractivity contribution in [2.45, 2.75) is 39.8 Å². The molecule has 0 aliphatic carbocycles. The number of carbonyl (C=O) groups excluding carboxylic acids is 2. The summed E-state index contributed by atoms with van der Waals surface area (Å²) in [6.45, 7) is 7.64. The summed E-state index contributed by atoms with van der Waals surface area (Å²) in [5.41, 5.74) is 3.31. The second-order valence-corrected chi connectivity index (χ2v) is 10.1. The minimum absolute atomic E-state index is 0.0111. The molecule has 1 N–H and O–H groups in total. The molecule has 0 bridgehead atoms. The number of amides is 1. The van der Waals surface area contributed by atoms with Gasteiger partial charge in [-0.05, 0) is 92.9 Å². The molecular formula is C34H31NO5. The molecule has 1 fully saturated rings. The van der Waals surface area contributed by atoms with Gasteiger partial charge in [0.1, 0.15) is 23.0 Å². The summed E-state index contributed by atoms with van der Waals surface area (Å²) in [5, 5.41) is 11.6. The van der Waals surface area contributed by atoms with Crippen molar-refractivity contribution >= 4 is 23.1 Å². The van der Waals surface area contributed by atoms with E-state index in [1.165, 1.54) is 4.90 Å². The lowest BCUT2D eigenvalue weighted by atomic mass is 9.94. The summed E-state index contributed by atoms with van der Waals surface area (Å²) in [6, 6.07) is 28.4. The smallest absolute Gasteiger partial charge is 0.300 e. The van der Waals surface area contributed by atoms with Crippen LogP contribution in [0.1, 0.15) is 42.1 Å². The highest BCUT2D eigenvalue weighted by Gasteiger charge is 2.47. The molecule has 40 heavy (non-hydrogen) atoms. The van der Waals surface area contributed by atoms with Gasteiger partial charge >= 0.3 is 0 Å². The number of para-hydroxylation sites is 2. The Bertz CT molecular complexity index is 1610. The monoisotopic (exact) mass is 533 g/mol. The summed E-state index contributed by atoms with van der Waals surface area (Å²) < 4.78 is 11.9. The van der Waals surface area contributed by atoms with Crippen LogP contribution >= 0.6 is 0 Å². The number of anilines is 1.